The first-order chi connectivity index (χ1) is 8.22. The first-order valence-corrected chi connectivity index (χ1v) is 6.16. The molecule has 3 nitrogen and oxygen atoms in total. The Morgan fingerprint density at radius 3 is 2.47 bits per heavy atom. The smallest absolute Gasteiger partial charge is 0.146 e. The summed E-state index contributed by atoms with van der Waals surface area (Å²) in [5.74, 6) is -0.132. The van der Waals surface area contributed by atoms with Crippen LogP contribution in [0.4, 0.5) is 10.1 Å². The van der Waals surface area contributed by atoms with Crippen molar-refractivity contribution in [1.82, 2.24) is 4.90 Å². The van der Waals surface area contributed by atoms with Gasteiger partial charge in [0.1, 0.15) is 5.82 Å². The molecule has 0 aliphatic carbocycles. The van der Waals surface area contributed by atoms with Crippen LogP contribution in [0.1, 0.15) is 6.92 Å². The minimum atomic E-state index is -0.132. The van der Waals surface area contributed by atoms with Gasteiger partial charge in [-0.1, -0.05) is 12.1 Å². The molecule has 2 rings (SSSR count). The van der Waals surface area contributed by atoms with E-state index >= 15 is 0 Å². The van der Waals surface area contributed by atoms with Crippen molar-refractivity contribution in [2.75, 3.05) is 37.6 Å². The van der Waals surface area contributed by atoms with Gasteiger partial charge in [-0.2, -0.15) is 0 Å². The van der Waals surface area contributed by atoms with E-state index in [0.717, 1.165) is 26.2 Å². The minimum Gasteiger partial charge on any atom is -0.367 e. The van der Waals surface area contributed by atoms with Crippen molar-refractivity contribution in [3.63, 3.8) is 0 Å². The van der Waals surface area contributed by atoms with E-state index in [-0.39, 0.29) is 5.82 Å². The van der Waals surface area contributed by atoms with Gasteiger partial charge in [0.15, 0.2) is 0 Å². The lowest BCUT2D eigenvalue weighted by Gasteiger charge is -2.38. The summed E-state index contributed by atoms with van der Waals surface area (Å²) < 4.78 is 13.6. The summed E-state index contributed by atoms with van der Waals surface area (Å²) >= 11 is 0. The highest BCUT2D eigenvalue weighted by atomic mass is 19.1. The van der Waals surface area contributed by atoms with Crippen LogP contribution in [0.3, 0.4) is 0 Å². The van der Waals surface area contributed by atoms with Crippen LogP contribution in [0.15, 0.2) is 24.3 Å². The SMILES string of the molecule is CC(CN)N1CCN(c2ccccc2F)CC1. The molecule has 1 fully saturated rings. The van der Waals surface area contributed by atoms with Crippen molar-refractivity contribution in [1.29, 1.82) is 0 Å². The quantitative estimate of drug-likeness (QED) is 0.860. The lowest BCUT2D eigenvalue weighted by atomic mass is 10.2. The number of hydrogen-bond donors (Lipinski definition) is 1. The zero-order chi connectivity index (χ0) is 12.3. The van der Waals surface area contributed by atoms with Gasteiger partial charge >= 0.3 is 0 Å². The molecule has 0 radical (unpaired) electrons. The molecule has 1 aliphatic rings. The molecule has 1 saturated heterocycles. The van der Waals surface area contributed by atoms with Gasteiger partial charge in [0, 0.05) is 38.8 Å². The van der Waals surface area contributed by atoms with Gasteiger partial charge in [0.2, 0.25) is 0 Å². The highest BCUT2D eigenvalue weighted by Gasteiger charge is 2.21. The van der Waals surface area contributed by atoms with E-state index in [1.807, 2.05) is 12.1 Å². The van der Waals surface area contributed by atoms with Crippen molar-refractivity contribution in [2.45, 2.75) is 13.0 Å². The molecule has 1 unspecified atom stereocenters. The zero-order valence-electron chi connectivity index (χ0n) is 10.3. The standard InChI is InChI=1S/C13H20FN3/c1-11(10-15)16-6-8-17(9-7-16)13-5-3-2-4-12(13)14/h2-5,11H,6-10,15H2,1H3. The third-order valence-electron chi connectivity index (χ3n) is 3.47. The molecule has 0 bridgehead atoms. The van der Waals surface area contributed by atoms with Crippen LogP contribution >= 0.6 is 0 Å². The lowest BCUT2D eigenvalue weighted by molar-refractivity contribution is 0.201. The minimum absolute atomic E-state index is 0.132. The number of piperazine rings is 1. The molecule has 1 heterocycles. The van der Waals surface area contributed by atoms with Crippen LogP contribution in [-0.4, -0.2) is 43.7 Å². The first-order valence-electron chi connectivity index (χ1n) is 6.16. The summed E-state index contributed by atoms with van der Waals surface area (Å²) in [4.78, 5) is 4.46. The van der Waals surface area contributed by atoms with Gasteiger partial charge < -0.3 is 10.6 Å². The van der Waals surface area contributed by atoms with E-state index < -0.39 is 0 Å². The Kier molecular flexibility index (Phi) is 3.97. The molecule has 94 valence electrons. The van der Waals surface area contributed by atoms with E-state index in [0.29, 0.717) is 18.3 Å². The van der Waals surface area contributed by atoms with E-state index in [4.69, 9.17) is 5.73 Å². The maximum absolute atomic E-state index is 13.6. The number of rotatable bonds is 3. The number of nitrogens with zero attached hydrogens (tertiary/aromatic N) is 2. The highest BCUT2D eigenvalue weighted by molar-refractivity contribution is 5.47. The molecule has 0 aromatic heterocycles. The van der Waals surface area contributed by atoms with Crippen molar-refractivity contribution < 1.29 is 4.39 Å². The molecule has 1 atom stereocenters. The first kappa shape index (κ1) is 12.3. The van der Waals surface area contributed by atoms with E-state index in [9.17, 15) is 4.39 Å². The van der Waals surface area contributed by atoms with Crippen LogP contribution in [-0.2, 0) is 0 Å². The molecule has 1 aromatic carbocycles. The monoisotopic (exact) mass is 237 g/mol. The van der Waals surface area contributed by atoms with Crippen LogP contribution in [0.2, 0.25) is 0 Å². The third kappa shape index (κ3) is 2.76. The maximum atomic E-state index is 13.6. The predicted molar refractivity (Wildman–Crippen MR) is 68.7 cm³/mol. The third-order valence-corrected chi connectivity index (χ3v) is 3.47. The summed E-state index contributed by atoms with van der Waals surface area (Å²) in [6.45, 7) is 6.45. The molecule has 1 aliphatic heterocycles. The maximum Gasteiger partial charge on any atom is 0.146 e. The number of nitrogens with two attached hydrogens (primary N) is 1. The van der Waals surface area contributed by atoms with Gasteiger partial charge in [-0.15, -0.1) is 0 Å². The summed E-state index contributed by atoms with van der Waals surface area (Å²) in [5, 5.41) is 0. The van der Waals surface area contributed by atoms with Gasteiger partial charge in [0.25, 0.3) is 0 Å². The number of anilines is 1. The number of halogens is 1. The summed E-state index contributed by atoms with van der Waals surface area (Å²) in [7, 11) is 0. The van der Waals surface area contributed by atoms with Crippen molar-refractivity contribution >= 4 is 5.69 Å². The Hall–Kier alpha value is -1.13. The molecule has 1 aromatic rings. The molecule has 4 heteroatoms. The molecule has 0 spiro atoms. The van der Waals surface area contributed by atoms with Gasteiger partial charge in [-0.05, 0) is 19.1 Å². The molecular weight excluding hydrogens is 217 g/mol. The fourth-order valence-electron chi connectivity index (χ4n) is 2.26. The fourth-order valence-corrected chi connectivity index (χ4v) is 2.26. The average molecular weight is 237 g/mol. The Bertz CT molecular complexity index is 361. The van der Waals surface area contributed by atoms with E-state index in [1.54, 1.807) is 6.07 Å². The van der Waals surface area contributed by atoms with Crippen molar-refractivity contribution in [3.8, 4) is 0 Å². The molecular formula is C13H20FN3. The van der Waals surface area contributed by atoms with Crippen LogP contribution < -0.4 is 10.6 Å². The second-order valence-corrected chi connectivity index (χ2v) is 4.56. The van der Waals surface area contributed by atoms with Crippen LogP contribution in [0.5, 0.6) is 0 Å². The largest absolute Gasteiger partial charge is 0.367 e. The molecule has 0 amide bonds. The Balaban J connectivity index is 1.98. The predicted octanol–water partition coefficient (Wildman–Crippen LogP) is 1.29. The topological polar surface area (TPSA) is 32.5 Å². The summed E-state index contributed by atoms with van der Waals surface area (Å²) in [6.07, 6.45) is 0. The number of hydrogen-bond acceptors (Lipinski definition) is 3. The van der Waals surface area contributed by atoms with Crippen LogP contribution in [0.25, 0.3) is 0 Å². The second-order valence-electron chi connectivity index (χ2n) is 4.56. The lowest BCUT2D eigenvalue weighted by Crippen LogP contribution is -2.51. The van der Waals surface area contributed by atoms with Crippen LogP contribution in [0, 0.1) is 5.82 Å². The van der Waals surface area contributed by atoms with Crippen molar-refractivity contribution in [3.05, 3.63) is 30.1 Å². The highest BCUT2D eigenvalue weighted by Crippen LogP contribution is 2.20. The molecule has 0 saturated carbocycles. The number of benzene rings is 1. The average Bonchev–Trinajstić information content (AvgIpc) is 2.39. The molecule has 17 heavy (non-hydrogen) atoms. The Morgan fingerprint density at radius 2 is 1.88 bits per heavy atom. The Labute approximate surface area is 102 Å². The molecule has 2 N–H and O–H groups in total. The Morgan fingerprint density at radius 1 is 1.24 bits per heavy atom. The fraction of sp³-hybridized carbons (Fsp3) is 0.538. The normalized spacial score (nSPS) is 19.4. The van der Waals surface area contributed by atoms with E-state index in [2.05, 4.69) is 16.7 Å². The second kappa shape index (κ2) is 5.47. The summed E-state index contributed by atoms with van der Waals surface area (Å²) in [5.41, 5.74) is 6.37. The van der Waals surface area contributed by atoms with Crippen molar-refractivity contribution in [2.24, 2.45) is 5.73 Å². The van der Waals surface area contributed by atoms with Gasteiger partial charge in [-0.3, -0.25) is 4.90 Å². The number of para-hydroxylation sites is 1. The van der Waals surface area contributed by atoms with Gasteiger partial charge in [-0.25, -0.2) is 4.39 Å². The zero-order valence-corrected chi connectivity index (χ0v) is 10.3. The van der Waals surface area contributed by atoms with E-state index in [1.165, 1.54) is 6.07 Å². The summed E-state index contributed by atoms with van der Waals surface area (Å²) in [6, 6.07) is 7.39. The van der Waals surface area contributed by atoms with Gasteiger partial charge in [0.05, 0.1) is 5.69 Å².